The molecule has 0 heterocycles. The summed E-state index contributed by atoms with van der Waals surface area (Å²) in [6, 6.07) is 4.87. The Balaban J connectivity index is 3.48. The molecule has 0 saturated carbocycles. The number of benzene rings is 1. The minimum Gasteiger partial charge on any atom is -0.310 e. The number of ether oxygens (including phenoxy) is 1. The number of amides is 1. The van der Waals surface area contributed by atoms with Gasteiger partial charge in [-0.2, -0.15) is 48.3 Å². The van der Waals surface area contributed by atoms with E-state index in [2.05, 4.69) is 4.74 Å². The summed E-state index contributed by atoms with van der Waals surface area (Å²) in [5.74, 6) is -16.4. The van der Waals surface area contributed by atoms with Crippen molar-refractivity contribution in [3.05, 3.63) is 24.3 Å². The number of nitrogens with zero attached hydrogens (tertiary/aromatic N) is 1. The molecular formula is C16H16F11NO2Si. The summed E-state index contributed by atoms with van der Waals surface area (Å²) in [4.78, 5) is 11.9. The van der Waals surface area contributed by atoms with E-state index in [-0.39, 0.29) is 4.90 Å². The summed E-state index contributed by atoms with van der Waals surface area (Å²) in [5, 5.41) is 0.524. The fourth-order valence-electron chi connectivity index (χ4n) is 2.14. The molecule has 0 bridgehead atoms. The molecule has 0 spiro atoms. The molecule has 1 amide bonds. The van der Waals surface area contributed by atoms with Gasteiger partial charge in [-0.15, -0.1) is 0 Å². The van der Waals surface area contributed by atoms with Crippen LogP contribution in [0.15, 0.2) is 24.3 Å². The third-order valence-corrected chi connectivity index (χ3v) is 6.08. The Morgan fingerprint density at radius 3 is 1.74 bits per heavy atom. The predicted octanol–water partition coefficient (Wildman–Crippen LogP) is 5.23. The fourth-order valence-corrected chi connectivity index (χ4v) is 3.32. The molecule has 0 aliphatic rings. The van der Waals surface area contributed by atoms with Gasteiger partial charge in [-0.3, -0.25) is 9.53 Å². The average Bonchev–Trinajstić information content (AvgIpc) is 2.57. The zero-order valence-electron chi connectivity index (χ0n) is 16.2. The summed E-state index contributed by atoms with van der Waals surface area (Å²) in [6.07, 6.45) is -20.9. The lowest BCUT2D eigenvalue weighted by Crippen LogP contribution is -2.63. The minimum atomic E-state index is -7.24. The highest BCUT2D eigenvalue weighted by molar-refractivity contribution is 6.88. The summed E-state index contributed by atoms with van der Waals surface area (Å²) >= 11 is 0. The van der Waals surface area contributed by atoms with E-state index in [1.54, 1.807) is 19.6 Å². The van der Waals surface area contributed by atoms with E-state index in [9.17, 15) is 53.1 Å². The highest BCUT2D eigenvalue weighted by Crippen LogP contribution is 2.51. The van der Waals surface area contributed by atoms with Crippen LogP contribution in [0.4, 0.5) is 54.0 Å². The molecule has 1 atom stereocenters. The summed E-state index contributed by atoms with van der Waals surface area (Å²) in [6.45, 7) is 5.35. The van der Waals surface area contributed by atoms with Gasteiger partial charge in [0.1, 0.15) is 0 Å². The first-order valence-electron chi connectivity index (χ1n) is 8.16. The minimum absolute atomic E-state index is 0.168. The van der Waals surface area contributed by atoms with Crippen molar-refractivity contribution in [3.63, 3.8) is 0 Å². The van der Waals surface area contributed by atoms with Crippen LogP contribution in [0.5, 0.6) is 0 Å². The molecule has 3 nitrogen and oxygen atoms in total. The molecule has 0 N–H and O–H groups in total. The van der Waals surface area contributed by atoms with Crippen molar-refractivity contribution in [1.82, 2.24) is 0 Å². The van der Waals surface area contributed by atoms with Gasteiger partial charge in [0.25, 0.3) is 0 Å². The van der Waals surface area contributed by atoms with E-state index in [1.807, 2.05) is 0 Å². The van der Waals surface area contributed by atoms with Gasteiger partial charge in [0.15, 0.2) is 0 Å². The number of anilines is 1. The Bertz CT molecular complexity index is 817. The first-order valence-corrected chi connectivity index (χ1v) is 11.7. The largest absolute Gasteiger partial charge is 0.462 e. The molecular weight excluding hydrogens is 475 g/mol. The van der Waals surface area contributed by atoms with Crippen molar-refractivity contribution >= 4 is 24.9 Å². The predicted molar refractivity (Wildman–Crippen MR) is 89.8 cm³/mol. The Morgan fingerprint density at radius 1 is 0.871 bits per heavy atom. The lowest BCUT2D eigenvalue weighted by Gasteiger charge is -2.36. The number of hydrogen-bond donors (Lipinski definition) is 0. The molecule has 31 heavy (non-hydrogen) atoms. The molecule has 178 valence electrons. The normalized spacial score (nSPS) is 16.1. The Morgan fingerprint density at radius 2 is 1.35 bits per heavy atom. The Labute approximate surface area is 169 Å². The van der Waals surface area contributed by atoms with E-state index in [0.29, 0.717) is 12.2 Å². The second-order valence-corrected chi connectivity index (χ2v) is 12.5. The first kappa shape index (κ1) is 27.1. The van der Waals surface area contributed by atoms with Crippen molar-refractivity contribution in [2.75, 3.05) is 11.9 Å². The highest BCUT2D eigenvalue weighted by Gasteiger charge is 2.79. The molecule has 15 heteroatoms. The SMILES string of the molecule is CN(C(=O)C(F)(OC(F)(F)C(F)(F)C(F)(F)F)C(F)(F)F)c1cccc([Si](C)(C)C)c1. The van der Waals surface area contributed by atoms with E-state index >= 15 is 0 Å². The lowest BCUT2D eigenvalue weighted by atomic mass is 10.2. The van der Waals surface area contributed by atoms with Gasteiger partial charge < -0.3 is 4.90 Å². The summed E-state index contributed by atoms with van der Waals surface area (Å²) in [7, 11) is -1.66. The summed E-state index contributed by atoms with van der Waals surface area (Å²) < 4.78 is 145. The molecule has 0 saturated heterocycles. The lowest BCUT2D eigenvalue weighted by molar-refractivity contribution is -0.472. The van der Waals surface area contributed by atoms with Crippen molar-refractivity contribution in [2.45, 2.75) is 49.9 Å². The van der Waals surface area contributed by atoms with Crippen molar-refractivity contribution < 1.29 is 57.8 Å². The molecule has 1 aromatic carbocycles. The van der Waals surface area contributed by atoms with Gasteiger partial charge in [-0.25, -0.2) is 0 Å². The van der Waals surface area contributed by atoms with Crippen LogP contribution in [0.25, 0.3) is 0 Å². The van der Waals surface area contributed by atoms with Gasteiger partial charge in [0, 0.05) is 12.7 Å². The standard InChI is InChI=1S/C16H16F11NO2Si/c1-28(9-6-5-7-10(8-9)31(2,3)4)11(29)12(17,14(20,21)22)30-16(26,27)13(18,19)15(23,24)25/h5-8H,1-4H3. The van der Waals surface area contributed by atoms with Gasteiger partial charge >= 0.3 is 36.1 Å². The third kappa shape index (κ3) is 5.13. The first-order chi connectivity index (χ1) is 13.5. The molecule has 0 aromatic heterocycles. The number of carbonyl (C=O) groups is 1. The summed E-state index contributed by atoms with van der Waals surface area (Å²) in [5.41, 5.74) is -0.467. The molecule has 1 unspecified atom stereocenters. The second kappa shape index (κ2) is 7.90. The van der Waals surface area contributed by atoms with Crippen LogP contribution in [0.1, 0.15) is 0 Å². The number of carbonyl (C=O) groups excluding carboxylic acids is 1. The smallest absolute Gasteiger partial charge is 0.310 e. The fraction of sp³-hybridized carbons (Fsp3) is 0.562. The maximum atomic E-state index is 14.5. The van der Waals surface area contributed by atoms with Crippen LogP contribution in [-0.2, 0) is 9.53 Å². The molecule has 0 aliphatic heterocycles. The van der Waals surface area contributed by atoms with Gasteiger partial charge in [-0.05, 0) is 12.1 Å². The second-order valence-electron chi connectivity index (χ2n) is 7.45. The van der Waals surface area contributed by atoms with E-state index in [4.69, 9.17) is 0 Å². The van der Waals surface area contributed by atoms with Crippen molar-refractivity contribution in [3.8, 4) is 0 Å². The zero-order chi connectivity index (χ0) is 24.8. The van der Waals surface area contributed by atoms with Crippen LogP contribution in [0.3, 0.4) is 0 Å². The van der Waals surface area contributed by atoms with Crippen LogP contribution in [0.2, 0.25) is 19.6 Å². The van der Waals surface area contributed by atoms with Crippen molar-refractivity contribution in [2.24, 2.45) is 0 Å². The Kier molecular flexibility index (Phi) is 6.92. The molecule has 0 aliphatic carbocycles. The molecule has 1 aromatic rings. The average molecular weight is 491 g/mol. The topological polar surface area (TPSA) is 29.5 Å². The van der Waals surface area contributed by atoms with Crippen molar-refractivity contribution in [1.29, 1.82) is 0 Å². The van der Waals surface area contributed by atoms with Crippen LogP contribution in [-0.4, -0.2) is 51.3 Å². The zero-order valence-corrected chi connectivity index (χ0v) is 17.2. The number of hydrogen-bond acceptors (Lipinski definition) is 2. The maximum Gasteiger partial charge on any atom is 0.462 e. The number of likely N-dealkylation sites (N-methyl/N-ethyl adjacent to an activating group) is 1. The van der Waals surface area contributed by atoms with Gasteiger partial charge in [-0.1, -0.05) is 37.0 Å². The van der Waals surface area contributed by atoms with Crippen LogP contribution >= 0.6 is 0 Å². The highest BCUT2D eigenvalue weighted by atomic mass is 28.3. The monoisotopic (exact) mass is 491 g/mol. The van der Waals surface area contributed by atoms with E-state index in [1.165, 1.54) is 12.1 Å². The van der Waals surface area contributed by atoms with E-state index in [0.717, 1.165) is 12.1 Å². The quantitative estimate of drug-likeness (QED) is 0.403. The molecule has 1 rings (SSSR count). The van der Waals surface area contributed by atoms with Crippen LogP contribution < -0.4 is 10.1 Å². The maximum absolute atomic E-state index is 14.5. The molecule has 0 fully saturated rings. The van der Waals surface area contributed by atoms with Crippen LogP contribution in [0, 0.1) is 0 Å². The number of alkyl halides is 11. The molecule has 0 radical (unpaired) electrons. The van der Waals surface area contributed by atoms with E-state index < -0.39 is 49.9 Å². The van der Waals surface area contributed by atoms with Gasteiger partial charge in [0.2, 0.25) is 0 Å². The number of halogens is 11. The Hall–Kier alpha value is -1.90. The number of rotatable bonds is 6. The van der Waals surface area contributed by atoms with Gasteiger partial charge in [0.05, 0.1) is 8.07 Å². The third-order valence-electron chi connectivity index (χ3n) is 4.03.